The van der Waals surface area contributed by atoms with Crippen LogP contribution in [-0.2, 0) is 6.54 Å². The van der Waals surface area contributed by atoms with Crippen molar-refractivity contribution in [3.8, 4) is 22.8 Å². The standard InChI is InChI=1S/C24H18N6O4/c31-22(16-6-1-2-7-17(16)24(33)34)27-15-5-3-4-14(12-15)21-25-9-8-18(28-21)19-13-20-23(32)26-10-11-30(20)29-19/h1-9,12-13H,10-11H2,(H,26,32)(H,27,31)(H,33,34). The van der Waals surface area contributed by atoms with Gasteiger partial charge in [-0.2, -0.15) is 5.10 Å². The second-order valence-corrected chi connectivity index (χ2v) is 7.55. The maximum atomic E-state index is 12.7. The highest BCUT2D eigenvalue weighted by Crippen LogP contribution is 2.24. The van der Waals surface area contributed by atoms with E-state index >= 15 is 0 Å². The molecule has 10 nitrogen and oxygen atoms in total. The van der Waals surface area contributed by atoms with Gasteiger partial charge in [0.15, 0.2) is 5.82 Å². The van der Waals surface area contributed by atoms with Gasteiger partial charge in [-0.25, -0.2) is 14.8 Å². The topological polar surface area (TPSA) is 139 Å². The minimum absolute atomic E-state index is 0.0615. The van der Waals surface area contributed by atoms with Gasteiger partial charge in [0.2, 0.25) is 0 Å². The fourth-order valence-corrected chi connectivity index (χ4v) is 3.70. The normalized spacial score (nSPS) is 12.5. The molecule has 0 radical (unpaired) electrons. The fourth-order valence-electron chi connectivity index (χ4n) is 3.70. The minimum Gasteiger partial charge on any atom is -0.478 e. The molecule has 0 saturated heterocycles. The molecule has 34 heavy (non-hydrogen) atoms. The molecule has 1 aliphatic rings. The summed E-state index contributed by atoms with van der Waals surface area (Å²) in [6.45, 7) is 1.11. The Kier molecular flexibility index (Phi) is 5.30. The molecule has 3 heterocycles. The van der Waals surface area contributed by atoms with Crippen LogP contribution in [0.15, 0.2) is 66.9 Å². The highest BCUT2D eigenvalue weighted by Gasteiger charge is 2.21. The van der Waals surface area contributed by atoms with Gasteiger partial charge in [-0.1, -0.05) is 24.3 Å². The largest absolute Gasteiger partial charge is 0.478 e. The van der Waals surface area contributed by atoms with Gasteiger partial charge in [0, 0.05) is 24.0 Å². The summed E-state index contributed by atoms with van der Waals surface area (Å²) in [6, 6.07) is 16.3. The van der Waals surface area contributed by atoms with Crippen molar-refractivity contribution >= 4 is 23.5 Å². The molecule has 10 heteroatoms. The average Bonchev–Trinajstić information content (AvgIpc) is 3.30. The molecule has 168 valence electrons. The van der Waals surface area contributed by atoms with Crippen LogP contribution < -0.4 is 10.6 Å². The first-order valence-electron chi connectivity index (χ1n) is 10.4. The summed E-state index contributed by atoms with van der Waals surface area (Å²) in [4.78, 5) is 45.1. The van der Waals surface area contributed by atoms with E-state index in [1.165, 1.54) is 12.1 Å². The molecule has 2 aromatic heterocycles. The summed E-state index contributed by atoms with van der Waals surface area (Å²) in [7, 11) is 0. The van der Waals surface area contributed by atoms with Crippen LogP contribution in [0.25, 0.3) is 22.8 Å². The smallest absolute Gasteiger partial charge is 0.336 e. The lowest BCUT2D eigenvalue weighted by Crippen LogP contribution is -2.35. The van der Waals surface area contributed by atoms with E-state index in [0.717, 1.165) is 0 Å². The first-order chi connectivity index (χ1) is 16.5. The number of anilines is 1. The zero-order valence-corrected chi connectivity index (χ0v) is 17.7. The number of nitrogens with zero attached hydrogens (tertiary/aromatic N) is 4. The average molecular weight is 454 g/mol. The van der Waals surface area contributed by atoms with E-state index in [0.29, 0.717) is 47.2 Å². The zero-order valence-electron chi connectivity index (χ0n) is 17.7. The van der Waals surface area contributed by atoms with Gasteiger partial charge in [0.05, 0.1) is 23.4 Å². The van der Waals surface area contributed by atoms with Crippen molar-refractivity contribution in [3.05, 3.63) is 83.7 Å². The Morgan fingerprint density at radius 2 is 1.82 bits per heavy atom. The van der Waals surface area contributed by atoms with E-state index in [1.807, 2.05) is 0 Å². The van der Waals surface area contributed by atoms with Gasteiger partial charge in [0.25, 0.3) is 11.8 Å². The monoisotopic (exact) mass is 454 g/mol. The van der Waals surface area contributed by atoms with Gasteiger partial charge < -0.3 is 15.7 Å². The minimum atomic E-state index is -1.18. The molecular formula is C24H18N6O4. The molecule has 0 bridgehead atoms. The zero-order chi connectivity index (χ0) is 23.7. The summed E-state index contributed by atoms with van der Waals surface area (Å²) >= 11 is 0. The van der Waals surface area contributed by atoms with E-state index in [4.69, 9.17) is 0 Å². The van der Waals surface area contributed by atoms with E-state index in [1.54, 1.807) is 59.4 Å². The number of amides is 2. The van der Waals surface area contributed by atoms with Crippen LogP contribution in [0.2, 0.25) is 0 Å². The Morgan fingerprint density at radius 1 is 1.00 bits per heavy atom. The third-order valence-corrected chi connectivity index (χ3v) is 5.32. The Morgan fingerprint density at radius 3 is 2.62 bits per heavy atom. The molecule has 0 unspecified atom stereocenters. The first-order valence-corrected chi connectivity index (χ1v) is 10.4. The number of carboxylic acids is 1. The molecule has 1 aliphatic heterocycles. The van der Waals surface area contributed by atoms with Gasteiger partial charge in [0.1, 0.15) is 11.4 Å². The number of carboxylic acid groups (broad SMARTS) is 1. The van der Waals surface area contributed by atoms with Gasteiger partial charge in [-0.15, -0.1) is 0 Å². The van der Waals surface area contributed by atoms with Crippen molar-refractivity contribution in [2.75, 3.05) is 11.9 Å². The second-order valence-electron chi connectivity index (χ2n) is 7.55. The first kappa shape index (κ1) is 21.0. The second kappa shape index (κ2) is 8.58. The third kappa shape index (κ3) is 3.99. The number of rotatable bonds is 5. The lowest BCUT2D eigenvalue weighted by molar-refractivity contribution is 0.0692. The maximum Gasteiger partial charge on any atom is 0.336 e. The lowest BCUT2D eigenvalue weighted by atomic mass is 10.1. The summed E-state index contributed by atoms with van der Waals surface area (Å²) < 4.78 is 1.65. The SMILES string of the molecule is O=C(O)c1ccccc1C(=O)Nc1cccc(-c2nccc(-c3cc4n(n3)CCNC4=O)n2)c1. The van der Waals surface area contributed by atoms with E-state index in [-0.39, 0.29) is 17.0 Å². The Balaban J connectivity index is 1.42. The van der Waals surface area contributed by atoms with Crippen molar-refractivity contribution in [1.82, 2.24) is 25.1 Å². The Bertz CT molecular complexity index is 1440. The summed E-state index contributed by atoms with van der Waals surface area (Å²) in [5.41, 5.74) is 2.69. The molecule has 0 aliphatic carbocycles. The quantitative estimate of drug-likeness (QED) is 0.421. The van der Waals surface area contributed by atoms with Gasteiger partial charge in [-0.3, -0.25) is 14.3 Å². The number of benzene rings is 2. The number of aromatic nitrogens is 4. The Labute approximate surface area is 193 Å². The highest BCUT2D eigenvalue weighted by atomic mass is 16.4. The van der Waals surface area contributed by atoms with Crippen LogP contribution in [0.4, 0.5) is 5.69 Å². The number of hydrogen-bond donors (Lipinski definition) is 3. The van der Waals surface area contributed by atoms with Crippen LogP contribution in [0, 0.1) is 0 Å². The number of carbonyl (C=O) groups is 3. The highest BCUT2D eigenvalue weighted by molar-refractivity contribution is 6.10. The van der Waals surface area contributed by atoms with Crippen molar-refractivity contribution in [2.45, 2.75) is 6.54 Å². The summed E-state index contributed by atoms with van der Waals surface area (Å²) in [5, 5.41) is 19.3. The predicted molar refractivity (Wildman–Crippen MR) is 122 cm³/mol. The van der Waals surface area contributed by atoms with Crippen molar-refractivity contribution in [3.63, 3.8) is 0 Å². The van der Waals surface area contributed by atoms with Crippen LogP contribution in [0.1, 0.15) is 31.2 Å². The molecule has 4 aromatic rings. The fraction of sp³-hybridized carbons (Fsp3) is 0.0833. The number of carbonyl (C=O) groups excluding carboxylic acids is 2. The maximum absolute atomic E-state index is 12.7. The van der Waals surface area contributed by atoms with E-state index < -0.39 is 11.9 Å². The molecule has 2 amide bonds. The lowest BCUT2D eigenvalue weighted by Gasteiger charge is -2.13. The van der Waals surface area contributed by atoms with Crippen LogP contribution >= 0.6 is 0 Å². The molecular weight excluding hydrogens is 436 g/mol. The van der Waals surface area contributed by atoms with Crippen LogP contribution in [-0.4, -0.2) is 49.2 Å². The Hall–Kier alpha value is -4.86. The third-order valence-electron chi connectivity index (χ3n) is 5.32. The predicted octanol–water partition coefficient (Wildman–Crippen LogP) is 2.70. The molecule has 3 N–H and O–H groups in total. The molecule has 0 spiro atoms. The van der Waals surface area contributed by atoms with Crippen molar-refractivity contribution in [2.24, 2.45) is 0 Å². The number of aromatic carboxylic acids is 1. The van der Waals surface area contributed by atoms with Crippen molar-refractivity contribution < 1.29 is 19.5 Å². The van der Waals surface area contributed by atoms with Gasteiger partial charge in [-0.05, 0) is 36.4 Å². The molecule has 0 saturated carbocycles. The van der Waals surface area contributed by atoms with E-state index in [9.17, 15) is 19.5 Å². The number of fused-ring (bicyclic) bond motifs is 1. The van der Waals surface area contributed by atoms with Crippen LogP contribution in [0.5, 0.6) is 0 Å². The summed E-state index contributed by atoms with van der Waals surface area (Å²) in [6.07, 6.45) is 1.60. The van der Waals surface area contributed by atoms with Crippen molar-refractivity contribution in [1.29, 1.82) is 0 Å². The molecule has 0 atom stereocenters. The van der Waals surface area contributed by atoms with Crippen LogP contribution in [0.3, 0.4) is 0 Å². The number of nitrogens with one attached hydrogen (secondary N) is 2. The number of hydrogen-bond acceptors (Lipinski definition) is 6. The molecule has 5 rings (SSSR count). The molecule has 0 fully saturated rings. The summed E-state index contributed by atoms with van der Waals surface area (Å²) in [5.74, 6) is -1.47. The van der Waals surface area contributed by atoms with E-state index in [2.05, 4.69) is 25.7 Å². The molecule has 2 aromatic carbocycles. The van der Waals surface area contributed by atoms with Gasteiger partial charge >= 0.3 is 5.97 Å².